The molecule has 0 saturated carbocycles. The summed E-state index contributed by atoms with van der Waals surface area (Å²) in [5.41, 5.74) is -0.247. The van der Waals surface area contributed by atoms with E-state index >= 15 is 0 Å². The molecule has 2 heterocycles. The minimum absolute atomic E-state index is 0.0442. The number of nitrogens with zero attached hydrogens (tertiary/aromatic N) is 1. The van der Waals surface area contributed by atoms with Gasteiger partial charge in [0.15, 0.2) is 11.3 Å². The number of methoxy groups -OCH3 is 1. The van der Waals surface area contributed by atoms with E-state index in [2.05, 4.69) is 5.32 Å². The predicted molar refractivity (Wildman–Crippen MR) is 132 cm³/mol. The number of ether oxygens (including phenoxy) is 3. The standard InChI is InChI=1S/C24H23B3N2O6/c1-23(22(31)28-13-15-7-3-5-9-17(15)35-24(25,26)27)14-33-19-16-8-4-6-10-18(16)34-20(19)21(30)29(23)11-12-32-2/h3-10H,11-14H2,1-2H3,(H,28,31). The van der Waals surface area contributed by atoms with Crippen LogP contribution in [0.1, 0.15) is 23.0 Å². The summed E-state index contributed by atoms with van der Waals surface area (Å²) >= 11 is 0. The van der Waals surface area contributed by atoms with E-state index in [-0.39, 0.29) is 32.1 Å². The molecule has 8 nitrogen and oxygen atoms in total. The second-order valence-corrected chi connectivity index (χ2v) is 8.51. The molecule has 4 rings (SSSR count). The van der Waals surface area contributed by atoms with Crippen LogP contribution >= 0.6 is 0 Å². The van der Waals surface area contributed by atoms with Gasteiger partial charge in [0.1, 0.15) is 41.5 Å². The summed E-state index contributed by atoms with van der Waals surface area (Å²) in [6, 6.07) is 14.1. The molecule has 1 aromatic heterocycles. The molecule has 0 fully saturated rings. The van der Waals surface area contributed by atoms with Gasteiger partial charge in [0, 0.05) is 25.8 Å². The molecular formula is C24H23B3N2O6. The van der Waals surface area contributed by atoms with Crippen molar-refractivity contribution in [3.8, 4) is 11.5 Å². The van der Waals surface area contributed by atoms with E-state index in [1.54, 1.807) is 43.3 Å². The third-order valence-corrected chi connectivity index (χ3v) is 5.79. The van der Waals surface area contributed by atoms with E-state index in [1.807, 2.05) is 12.1 Å². The van der Waals surface area contributed by atoms with Crippen molar-refractivity contribution in [1.82, 2.24) is 10.2 Å². The first-order chi connectivity index (χ1) is 16.6. The monoisotopic (exact) mass is 468 g/mol. The van der Waals surface area contributed by atoms with Crippen LogP contribution in [0.3, 0.4) is 0 Å². The number of benzene rings is 2. The number of carbonyl (C=O) groups is 2. The number of carbonyl (C=O) groups excluding carboxylic acids is 2. The number of hydrogen-bond donors (Lipinski definition) is 1. The summed E-state index contributed by atoms with van der Waals surface area (Å²) in [5, 5.41) is 1.64. The van der Waals surface area contributed by atoms with Gasteiger partial charge in [-0.1, -0.05) is 30.3 Å². The zero-order chi connectivity index (χ0) is 25.2. The van der Waals surface area contributed by atoms with E-state index in [0.29, 0.717) is 28.0 Å². The van der Waals surface area contributed by atoms with Gasteiger partial charge in [-0.15, -0.1) is 0 Å². The average molecular weight is 468 g/mol. The zero-order valence-electron chi connectivity index (χ0n) is 19.6. The molecule has 1 unspecified atom stereocenters. The fourth-order valence-electron chi connectivity index (χ4n) is 3.97. The minimum atomic E-state index is -1.88. The van der Waals surface area contributed by atoms with E-state index in [4.69, 9.17) is 42.2 Å². The van der Waals surface area contributed by atoms with Gasteiger partial charge in [0.25, 0.3) is 5.91 Å². The van der Waals surface area contributed by atoms with Crippen molar-refractivity contribution in [2.45, 2.75) is 24.3 Å². The largest absolute Gasteiger partial charge is 0.515 e. The SMILES string of the molecule is [B]C([B])([B])Oc1ccccc1CNC(=O)C1(C)COc2c(oc3ccccc23)C(=O)N1CCOC. The van der Waals surface area contributed by atoms with Gasteiger partial charge in [-0.25, -0.2) is 0 Å². The molecule has 35 heavy (non-hydrogen) atoms. The maximum absolute atomic E-state index is 13.6. The Labute approximate surface area is 207 Å². The summed E-state index contributed by atoms with van der Waals surface area (Å²) in [5.74, 6) is -0.228. The van der Waals surface area contributed by atoms with E-state index in [0.717, 1.165) is 0 Å². The number of furan rings is 1. The lowest BCUT2D eigenvalue weighted by Gasteiger charge is -2.37. The van der Waals surface area contributed by atoms with Gasteiger partial charge >= 0.3 is 0 Å². The van der Waals surface area contributed by atoms with Crippen LogP contribution in [-0.2, 0) is 16.1 Å². The molecular weight excluding hydrogens is 445 g/mol. The van der Waals surface area contributed by atoms with E-state index in [9.17, 15) is 9.59 Å². The summed E-state index contributed by atoms with van der Waals surface area (Å²) in [6.07, 6.45) is 0. The van der Waals surface area contributed by atoms with Crippen molar-refractivity contribution in [3.63, 3.8) is 0 Å². The molecule has 3 aromatic rings. The normalized spacial score (nSPS) is 18.0. The van der Waals surface area contributed by atoms with Gasteiger partial charge in [0.05, 0.1) is 12.0 Å². The molecule has 2 aromatic carbocycles. The van der Waals surface area contributed by atoms with Crippen molar-refractivity contribution >= 4 is 46.3 Å². The van der Waals surface area contributed by atoms with E-state index in [1.165, 1.54) is 12.0 Å². The molecule has 11 heteroatoms. The zero-order valence-corrected chi connectivity index (χ0v) is 19.6. The maximum atomic E-state index is 13.6. The Morgan fingerprint density at radius 1 is 1.17 bits per heavy atom. The van der Waals surface area contributed by atoms with E-state index < -0.39 is 22.7 Å². The van der Waals surface area contributed by atoms with Crippen LogP contribution in [0.25, 0.3) is 11.0 Å². The van der Waals surface area contributed by atoms with Crippen LogP contribution in [0, 0.1) is 0 Å². The van der Waals surface area contributed by atoms with Crippen LogP contribution < -0.4 is 14.8 Å². The molecule has 1 aliphatic rings. The topological polar surface area (TPSA) is 90.2 Å². The summed E-state index contributed by atoms with van der Waals surface area (Å²) < 4.78 is 22.4. The summed E-state index contributed by atoms with van der Waals surface area (Å²) in [6.45, 7) is 1.97. The first-order valence-electron chi connectivity index (χ1n) is 11.0. The third kappa shape index (κ3) is 5.05. The Bertz CT molecular complexity index is 1240. The lowest BCUT2D eigenvalue weighted by Crippen LogP contribution is -2.61. The molecule has 0 saturated heterocycles. The predicted octanol–water partition coefficient (Wildman–Crippen LogP) is 1.48. The number of nitrogens with one attached hydrogen (secondary N) is 1. The summed E-state index contributed by atoms with van der Waals surface area (Å²) in [4.78, 5) is 28.5. The molecule has 0 bridgehead atoms. The first-order valence-corrected chi connectivity index (χ1v) is 11.0. The van der Waals surface area contributed by atoms with Crippen LogP contribution in [0.4, 0.5) is 0 Å². The highest BCUT2D eigenvalue weighted by Crippen LogP contribution is 2.38. The minimum Gasteiger partial charge on any atom is -0.515 e. The lowest BCUT2D eigenvalue weighted by atomic mass is 9.52. The molecule has 6 radical (unpaired) electrons. The van der Waals surface area contributed by atoms with Crippen molar-refractivity contribution in [3.05, 3.63) is 59.9 Å². The number of amides is 2. The number of para-hydroxylation sites is 2. The smallest absolute Gasteiger partial charge is 0.294 e. The Kier molecular flexibility index (Phi) is 6.89. The molecule has 1 atom stereocenters. The molecule has 1 N–H and O–H groups in total. The molecule has 174 valence electrons. The first kappa shape index (κ1) is 24.8. The third-order valence-electron chi connectivity index (χ3n) is 5.79. The highest BCUT2D eigenvalue weighted by molar-refractivity contribution is 6.58. The van der Waals surface area contributed by atoms with Gasteiger partial charge in [-0.05, 0) is 30.4 Å². The van der Waals surface area contributed by atoms with Crippen LogP contribution in [0.15, 0.2) is 52.9 Å². The second kappa shape index (κ2) is 9.74. The Balaban J connectivity index is 1.61. The molecule has 2 amide bonds. The molecule has 1 aliphatic heterocycles. The number of fused-ring (bicyclic) bond motifs is 3. The maximum Gasteiger partial charge on any atom is 0.294 e. The number of hydrogen-bond acceptors (Lipinski definition) is 6. The number of rotatable bonds is 8. The average Bonchev–Trinajstić information content (AvgIpc) is 3.15. The second-order valence-electron chi connectivity index (χ2n) is 8.51. The van der Waals surface area contributed by atoms with Gasteiger partial charge in [0.2, 0.25) is 11.7 Å². The molecule has 0 aliphatic carbocycles. The Morgan fingerprint density at radius 2 is 1.89 bits per heavy atom. The highest BCUT2D eigenvalue weighted by Gasteiger charge is 2.47. The van der Waals surface area contributed by atoms with Crippen molar-refractivity contribution < 1.29 is 28.2 Å². The van der Waals surface area contributed by atoms with Crippen LogP contribution in [-0.4, -0.2) is 78.0 Å². The van der Waals surface area contributed by atoms with Crippen molar-refractivity contribution in [2.75, 3.05) is 26.9 Å². The highest BCUT2D eigenvalue weighted by atomic mass is 16.5. The van der Waals surface area contributed by atoms with Crippen molar-refractivity contribution in [1.29, 1.82) is 0 Å². The van der Waals surface area contributed by atoms with Gasteiger partial charge in [-0.2, -0.15) is 0 Å². The van der Waals surface area contributed by atoms with Crippen molar-refractivity contribution in [2.24, 2.45) is 0 Å². The Hall–Kier alpha value is -3.33. The Morgan fingerprint density at radius 3 is 2.63 bits per heavy atom. The van der Waals surface area contributed by atoms with Gasteiger partial charge in [-0.3, -0.25) is 9.59 Å². The van der Waals surface area contributed by atoms with Gasteiger partial charge < -0.3 is 28.8 Å². The lowest BCUT2D eigenvalue weighted by molar-refractivity contribution is -0.133. The van der Waals surface area contributed by atoms with Crippen LogP contribution in [0.5, 0.6) is 11.5 Å². The summed E-state index contributed by atoms with van der Waals surface area (Å²) in [7, 11) is 18.2. The van der Waals surface area contributed by atoms with Crippen LogP contribution in [0.2, 0.25) is 0 Å². The fourth-order valence-corrected chi connectivity index (χ4v) is 3.97. The molecule has 0 spiro atoms. The fraction of sp³-hybridized carbons (Fsp3) is 0.333. The quantitative estimate of drug-likeness (QED) is 0.505.